The molecule has 3 saturated carbocycles. The van der Waals surface area contributed by atoms with Gasteiger partial charge in [-0.2, -0.15) is 0 Å². The van der Waals surface area contributed by atoms with Crippen LogP contribution in [0.1, 0.15) is 79.1 Å². The molecular formula is C24H38O3. The van der Waals surface area contributed by atoms with Crippen LogP contribution in [0.4, 0.5) is 0 Å². The minimum Gasteiger partial charge on any atom is -0.463 e. The summed E-state index contributed by atoms with van der Waals surface area (Å²) in [6.07, 6.45) is 12.4. The van der Waals surface area contributed by atoms with Crippen LogP contribution in [0, 0.1) is 40.4 Å². The molecule has 3 heteroatoms. The van der Waals surface area contributed by atoms with E-state index in [-0.39, 0.29) is 12.1 Å². The van der Waals surface area contributed by atoms with E-state index in [0.717, 1.165) is 31.1 Å². The Hall–Kier alpha value is -0.830. The van der Waals surface area contributed by atoms with Crippen molar-refractivity contribution in [2.45, 2.75) is 85.2 Å². The van der Waals surface area contributed by atoms with E-state index in [1.54, 1.807) is 12.5 Å². The predicted octanol–water partition coefficient (Wildman–Crippen LogP) is 5.13. The monoisotopic (exact) mass is 374 g/mol. The van der Waals surface area contributed by atoms with Crippen LogP contribution < -0.4 is 0 Å². The van der Waals surface area contributed by atoms with E-state index < -0.39 is 0 Å². The van der Waals surface area contributed by atoms with Gasteiger partial charge in [-0.05, 0) is 91.8 Å². The van der Waals surface area contributed by atoms with Crippen LogP contribution in [0.25, 0.3) is 0 Å². The van der Waals surface area contributed by atoms with Crippen LogP contribution in [-0.2, 0) is 9.53 Å². The molecule has 0 aromatic heterocycles. The van der Waals surface area contributed by atoms with Gasteiger partial charge in [0.2, 0.25) is 0 Å². The van der Waals surface area contributed by atoms with E-state index in [1.807, 2.05) is 0 Å². The number of aliphatic hydroxyl groups excluding tert-OH is 1. The molecule has 4 rings (SSSR count). The summed E-state index contributed by atoms with van der Waals surface area (Å²) in [4.78, 5) is 11.4. The molecule has 0 heterocycles. The molecule has 0 aromatic carbocycles. The molecule has 152 valence electrons. The SMILES string of the molecule is CC(=O)O[C@H]1CC[C@@]2(C)[C@@H](CC=C3[C@@H]2CC[C@]2(C)[C@@H]([C@H](C)CO)CC[C@@H]32)C1. The Morgan fingerprint density at radius 2 is 1.89 bits per heavy atom. The maximum Gasteiger partial charge on any atom is 0.302 e. The first kappa shape index (κ1) is 19.5. The lowest BCUT2D eigenvalue weighted by molar-refractivity contribution is -0.152. The molecule has 0 radical (unpaired) electrons. The van der Waals surface area contributed by atoms with E-state index >= 15 is 0 Å². The van der Waals surface area contributed by atoms with Crippen LogP contribution in [-0.4, -0.2) is 23.8 Å². The zero-order chi connectivity index (χ0) is 19.4. The van der Waals surface area contributed by atoms with Gasteiger partial charge in [0.25, 0.3) is 0 Å². The van der Waals surface area contributed by atoms with Crippen molar-refractivity contribution in [2.75, 3.05) is 6.61 Å². The number of carbonyl (C=O) groups is 1. The molecule has 4 aliphatic carbocycles. The average Bonchev–Trinajstić information content (AvgIpc) is 2.98. The van der Waals surface area contributed by atoms with Crippen LogP contribution >= 0.6 is 0 Å². The maximum atomic E-state index is 11.4. The Balaban J connectivity index is 1.57. The van der Waals surface area contributed by atoms with Crippen LogP contribution in [0.2, 0.25) is 0 Å². The Morgan fingerprint density at radius 3 is 2.59 bits per heavy atom. The highest BCUT2D eigenvalue weighted by Crippen LogP contribution is 2.66. The normalized spacial score (nSPS) is 47.3. The third-order valence-electron chi connectivity index (χ3n) is 9.41. The fourth-order valence-corrected chi connectivity index (χ4v) is 7.92. The first-order valence-electron chi connectivity index (χ1n) is 11.3. The van der Waals surface area contributed by atoms with Gasteiger partial charge in [-0.1, -0.05) is 32.4 Å². The largest absolute Gasteiger partial charge is 0.463 e. The fourth-order valence-electron chi connectivity index (χ4n) is 7.92. The summed E-state index contributed by atoms with van der Waals surface area (Å²) < 4.78 is 5.58. The van der Waals surface area contributed by atoms with E-state index in [2.05, 4.69) is 26.8 Å². The van der Waals surface area contributed by atoms with Gasteiger partial charge in [0.1, 0.15) is 6.10 Å². The summed E-state index contributed by atoms with van der Waals surface area (Å²) in [5.74, 6) is 3.05. The van der Waals surface area contributed by atoms with Crippen molar-refractivity contribution in [2.24, 2.45) is 40.4 Å². The molecule has 4 aliphatic rings. The molecule has 0 aliphatic heterocycles. The zero-order valence-electron chi connectivity index (χ0n) is 17.7. The van der Waals surface area contributed by atoms with Crippen molar-refractivity contribution in [1.29, 1.82) is 0 Å². The summed E-state index contributed by atoms with van der Waals surface area (Å²) in [5, 5.41) is 9.76. The number of esters is 1. The quantitative estimate of drug-likeness (QED) is 0.550. The number of hydrogen-bond acceptors (Lipinski definition) is 3. The minimum atomic E-state index is -0.126. The van der Waals surface area contributed by atoms with Crippen LogP contribution in [0.5, 0.6) is 0 Å². The predicted molar refractivity (Wildman–Crippen MR) is 107 cm³/mol. The molecule has 0 spiro atoms. The lowest BCUT2D eigenvalue weighted by atomic mass is 9.47. The Bertz CT molecular complexity index is 625. The van der Waals surface area contributed by atoms with Crippen molar-refractivity contribution >= 4 is 5.97 Å². The molecule has 0 saturated heterocycles. The number of rotatable bonds is 3. The Morgan fingerprint density at radius 1 is 1.19 bits per heavy atom. The van der Waals surface area contributed by atoms with Gasteiger partial charge in [0, 0.05) is 13.5 Å². The minimum absolute atomic E-state index is 0.126. The lowest BCUT2D eigenvalue weighted by Gasteiger charge is -2.58. The van der Waals surface area contributed by atoms with Crippen molar-refractivity contribution in [3.63, 3.8) is 0 Å². The van der Waals surface area contributed by atoms with Gasteiger partial charge >= 0.3 is 5.97 Å². The van der Waals surface area contributed by atoms with Gasteiger partial charge < -0.3 is 9.84 Å². The molecule has 0 aromatic rings. The van der Waals surface area contributed by atoms with Gasteiger partial charge in [0.05, 0.1) is 0 Å². The standard InChI is InChI=1S/C24H38O3/c1-15(14-25)20-7-8-21-19-6-5-17-13-18(27-16(2)26)9-11-23(17,3)22(19)10-12-24(20,21)4/h6,15,17-18,20-22,25H,5,7-14H2,1-4H3/t15-,17+,18+,20-,21+,22+,23+,24-/m1/s1. The summed E-state index contributed by atoms with van der Waals surface area (Å²) in [6.45, 7) is 9.16. The van der Waals surface area contributed by atoms with E-state index in [4.69, 9.17) is 4.74 Å². The van der Waals surface area contributed by atoms with Crippen molar-refractivity contribution in [3.8, 4) is 0 Å². The number of aliphatic hydroxyl groups is 1. The first-order valence-corrected chi connectivity index (χ1v) is 11.3. The van der Waals surface area contributed by atoms with Gasteiger partial charge in [-0.15, -0.1) is 0 Å². The van der Waals surface area contributed by atoms with Crippen LogP contribution in [0.3, 0.4) is 0 Å². The summed E-state index contributed by atoms with van der Waals surface area (Å²) in [6, 6.07) is 0. The fraction of sp³-hybridized carbons (Fsp3) is 0.875. The number of hydrogen-bond donors (Lipinski definition) is 1. The second-order valence-electron chi connectivity index (χ2n) is 10.6. The molecule has 0 bridgehead atoms. The average molecular weight is 375 g/mol. The van der Waals surface area contributed by atoms with Gasteiger partial charge in [-0.25, -0.2) is 0 Å². The molecule has 1 N–H and O–H groups in total. The molecule has 3 nitrogen and oxygen atoms in total. The molecular weight excluding hydrogens is 336 g/mol. The van der Waals surface area contributed by atoms with Gasteiger partial charge in [-0.3, -0.25) is 4.79 Å². The van der Waals surface area contributed by atoms with E-state index in [9.17, 15) is 9.90 Å². The number of ether oxygens (including phenoxy) is 1. The third kappa shape index (κ3) is 2.99. The highest BCUT2D eigenvalue weighted by Gasteiger charge is 2.58. The van der Waals surface area contributed by atoms with Gasteiger partial charge in [0.15, 0.2) is 0 Å². The Labute approximate surface area is 164 Å². The zero-order valence-corrected chi connectivity index (χ0v) is 17.7. The summed E-state index contributed by atoms with van der Waals surface area (Å²) in [5.41, 5.74) is 2.52. The lowest BCUT2D eigenvalue weighted by Crippen LogP contribution is -2.50. The second kappa shape index (κ2) is 6.90. The Kier molecular flexibility index (Phi) is 4.98. The molecule has 0 unspecified atom stereocenters. The van der Waals surface area contributed by atoms with E-state index in [0.29, 0.717) is 35.2 Å². The topological polar surface area (TPSA) is 46.5 Å². The number of allylic oxidation sites excluding steroid dienone is 2. The highest BCUT2D eigenvalue weighted by atomic mass is 16.5. The first-order chi connectivity index (χ1) is 12.8. The number of carbonyl (C=O) groups excluding carboxylic acids is 1. The molecule has 27 heavy (non-hydrogen) atoms. The smallest absolute Gasteiger partial charge is 0.302 e. The molecule has 8 atom stereocenters. The molecule has 0 amide bonds. The second-order valence-corrected chi connectivity index (χ2v) is 10.6. The van der Waals surface area contributed by atoms with Crippen LogP contribution in [0.15, 0.2) is 11.6 Å². The third-order valence-corrected chi connectivity index (χ3v) is 9.41. The van der Waals surface area contributed by atoms with E-state index in [1.165, 1.54) is 32.1 Å². The van der Waals surface area contributed by atoms with Crippen molar-refractivity contribution in [1.82, 2.24) is 0 Å². The molecule has 3 fully saturated rings. The van der Waals surface area contributed by atoms with Crippen molar-refractivity contribution < 1.29 is 14.6 Å². The van der Waals surface area contributed by atoms with Crippen molar-refractivity contribution in [3.05, 3.63) is 11.6 Å². The summed E-state index contributed by atoms with van der Waals surface area (Å²) >= 11 is 0. The maximum absolute atomic E-state index is 11.4. The summed E-state index contributed by atoms with van der Waals surface area (Å²) in [7, 11) is 0. The highest BCUT2D eigenvalue weighted by molar-refractivity contribution is 5.66. The number of fused-ring (bicyclic) bond motifs is 5.